The van der Waals surface area contributed by atoms with Gasteiger partial charge in [0.1, 0.15) is 5.75 Å². The van der Waals surface area contributed by atoms with E-state index < -0.39 is 0 Å². The van der Waals surface area contributed by atoms with Crippen molar-refractivity contribution in [2.75, 3.05) is 7.11 Å². The lowest BCUT2D eigenvalue weighted by Gasteiger charge is -2.11. The van der Waals surface area contributed by atoms with Crippen molar-refractivity contribution in [1.29, 1.82) is 0 Å². The Hall–Kier alpha value is -0.830. The Labute approximate surface area is 126 Å². The third-order valence-corrected chi connectivity index (χ3v) is 5.03. The summed E-state index contributed by atoms with van der Waals surface area (Å²) in [6, 6.07) is 12.0. The number of alkyl halides is 1. The first kappa shape index (κ1) is 13.2. The van der Waals surface area contributed by atoms with Crippen LogP contribution in [0.1, 0.15) is 16.5 Å². The summed E-state index contributed by atoms with van der Waals surface area (Å²) in [4.78, 5) is 2.40. The van der Waals surface area contributed by atoms with Crippen LogP contribution in [-0.2, 0) is 6.42 Å². The molecule has 0 fully saturated rings. The minimum Gasteiger partial charge on any atom is -0.497 e. The summed E-state index contributed by atoms with van der Waals surface area (Å²) in [5.74, 6) is 0.842. The van der Waals surface area contributed by atoms with Crippen LogP contribution in [0.5, 0.6) is 5.75 Å². The second-order valence-corrected chi connectivity index (χ2v) is 6.48. The fraction of sp³-hybridized carbons (Fsp3) is 0.200. The van der Waals surface area contributed by atoms with Gasteiger partial charge in [0.05, 0.1) is 12.5 Å². The zero-order chi connectivity index (χ0) is 13.4. The molecule has 1 aliphatic rings. The number of benzene rings is 2. The van der Waals surface area contributed by atoms with E-state index in [9.17, 15) is 0 Å². The normalized spacial score (nSPS) is 17.3. The molecule has 1 atom stereocenters. The number of ether oxygens (including phenoxy) is 1. The first-order valence-electron chi connectivity index (χ1n) is 5.95. The second kappa shape index (κ2) is 5.28. The fourth-order valence-electron chi connectivity index (χ4n) is 2.22. The van der Waals surface area contributed by atoms with Crippen LogP contribution in [0.2, 0.25) is 5.02 Å². The minimum absolute atomic E-state index is 0.0580. The Balaban J connectivity index is 2.09. The van der Waals surface area contributed by atoms with Crippen LogP contribution >= 0.6 is 35.0 Å². The van der Waals surface area contributed by atoms with E-state index >= 15 is 0 Å². The molecule has 0 aromatic heterocycles. The molecule has 0 unspecified atom stereocenters. The van der Waals surface area contributed by atoms with Gasteiger partial charge in [0.15, 0.2) is 0 Å². The molecule has 3 rings (SSSR count). The molecule has 2 aromatic rings. The van der Waals surface area contributed by atoms with E-state index in [-0.39, 0.29) is 5.38 Å². The van der Waals surface area contributed by atoms with E-state index in [1.807, 2.05) is 24.3 Å². The Morgan fingerprint density at radius 2 is 1.95 bits per heavy atom. The molecule has 0 saturated carbocycles. The molecular weight excluding hydrogens is 299 g/mol. The maximum Gasteiger partial charge on any atom is 0.119 e. The molecule has 0 saturated heterocycles. The third kappa shape index (κ3) is 2.58. The molecule has 0 spiro atoms. The van der Waals surface area contributed by atoms with Gasteiger partial charge in [0, 0.05) is 14.8 Å². The van der Waals surface area contributed by atoms with Crippen LogP contribution in [0.3, 0.4) is 0 Å². The molecule has 2 aromatic carbocycles. The largest absolute Gasteiger partial charge is 0.497 e. The quantitative estimate of drug-likeness (QED) is 0.658. The molecule has 19 heavy (non-hydrogen) atoms. The van der Waals surface area contributed by atoms with Crippen molar-refractivity contribution >= 4 is 35.0 Å². The molecule has 1 nitrogen and oxygen atoms in total. The van der Waals surface area contributed by atoms with Crippen molar-refractivity contribution < 1.29 is 4.74 Å². The van der Waals surface area contributed by atoms with E-state index in [1.54, 1.807) is 18.9 Å². The highest BCUT2D eigenvalue weighted by Gasteiger charge is 2.21. The van der Waals surface area contributed by atoms with Gasteiger partial charge in [-0.25, -0.2) is 0 Å². The highest BCUT2D eigenvalue weighted by molar-refractivity contribution is 7.99. The molecule has 0 aliphatic carbocycles. The van der Waals surface area contributed by atoms with E-state index in [0.717, 1.165) is 22.8 Å². The van der Waals surface area contributed by atoms with Gasteiger partial charge in [-0.15, -0.1) is 11.6 Å². The maximum absolute atomic E-state index is 6.55. The van der Waals surface area contributed by atoms with E-state index in [1.165, 1.54) is 15.4 Å². The lowest BCUT2D eigenvalue weighted by Crippen LogP contribution is -1.96. The molecule has 1 aliphatic heterocycles. The molecule has 4 heteroatoms. The molecule has 98 valence electrons. The summed E-state index contributed by atoms with van der Waals surface area (Å²) in [7, 11) is 1.67. The van der Waals surface area contributed by atoms with Crippen LogP contribution in [0.25, 0.3) is 0 Å². The predicted molar refractivity (Wildman–Crippen MR) is 80.9 cm³/mol. The number of rotatable bonds is 1. The second-order valence-electron chi connectivity index (χ2n) is 4.43. The first-order valence-corrected chi connectivity index (χ1v) is 7.59. The van der Waals surface area contributed by atoms with E-state index in [0.29, 0.717) is 0 Å². The average Bonchev–Trinajstić information content (AvgIpc) is 2.54. The summed E-state index contributed by atoms with van der Waals surface area (Å²) in [6.07, 6.45) is 0.782. The van der Waals surface area contributed by atoms with Crippen LogP contribution in [-0.4, -0.2) is 7.11 Å². The van der Waals surface area contributed by atoms with Gasteiger partial charge >= 0.3 is 0 Å². The van der Waals surface area contributed by atoms with Gasteiger partial charge in [-0.1, -0.05) is 23.4 Å². The Kier molecular flexibility index (Phi) is 3.66. The van der Waals surface area contributed by atoms with Gasteiger partial charge in [0.25, 0.3) is 0 Å². The Morgan fingerprint density at radius 1 is 1.16 bits per heavy atom. The molecular formula is C15H12Cl2OS. The van der Waals surface area contributed by atoms with Crippen LogP contribution in [0.4, 0.5) is 0 Å². The molecule has 0 amide bonds. The maximum atomic E-state index is 6.55. The highest BCUT2D eigenvalue weighted by atomic mass is 35.5. The number of hydrogen-bond acceptors (Lipinski definition) is 2. The van der Waals surface area contributed by atoms with Crippen molar-refractivity contribution in [1.82, 2.24) is 0 Å². The summed E-state index contributed by atoms with van der Waals surface area (Å²) in [6.45, 7) is 0. The van der Waals surface area contributed by atoms with Crippen molar-refractivity contribution in [3.63, 3.8) is 0 Å². The van der Waals surface area contributed by atoms with Gasteiger partial charge in [-0.2, -0.15) is 0 Å². The van der Waals surface area contributed by atoms with Crippen LogP contribution in [0, 0.1) is 0 Å². The number of methoxy groups -OCH3 is 1. The molecule has 0 bridgehead atoms. The highest BCUT2D eigenvalue weighted by Crippen LogP contribution is 2.44. The Morgan fingerprint density at radius 3 is 2.74 bits per heavy atom. The topological polar surface area (TPSA) is 9.23 Å². The number of hydrogen-bond donors (Lipinski definition) is 0. The van der Waals surface area contributed by atoms with Crippen molar-refractivity contribution in [3.8, 4) is 5.75 Å². The monoisotopic (exact) mass is 310 g/mol. The van der Waals surface area contributed by atoms with Gasteiger partial charge in [-0.3, -0.25) is 0 Å². The SMILES string of the molecule is COc1ccc2c(c1)[C@@H](Cl)Cc1cc(Cl)ccc1S2. The predicted octanol–water partition coefficient (Wildman–Crippen LogP) is 5.34. The number of halogens is 2. The van der Waals surface area contributed by atoms with Crippen molar-refractivity contribution in [2.45, 2.75) is 21.6 Å². The minimum atomic E-state index is -0.0580. The molecule has 0 N–H and O–H groups in total. The van der Waals surface area contributed by atoms with Crippen molar-refractivity contribution in [3.05, 3.63) is 52.5 Å². The van der Waals surface area contributed by atoms with E-state index in [4.69, 9.17) is 27.9 Å². The van der Waals surface area contributed by atoms with Gasteiger partial charge in [-0.05, 0) is 53.9 Å². The van der Waals surface area contributed by atoms with Crippen molar-refractivity contribution in [2.24, 2.45) is 0 Å². The lowest BCUT2D eigenvalue weighted by atomic mass is 10.0. The summed E-state index contributed by atoms with van der Waals surface area (Å²) in [5.41, 5.74) is 2.33. The fourth-order valence-corrected chi connectivity index (χ4v) is 3.93. The van der Waals surface area contributed by atoms with E-state index in [2.05, 4.69) is 12.1 Å². The van der Waals surface area contributed by atoms with Crippen LogP contribution < -0.4 is 4.74 Å². The summed E-state index contributed by atoms with van der Waals surface area (Å²) in [5, 5.41) is 0.698. The smallest absolute Gasteiger partial charge is 0.119 e. The summed E-state index contributed by atoms with van der Waals surface area (Å²) < 4.78 is 5.28. The third-order valence-electron chi connectivity index (χ3n) is 3.20. The average molecular weight is 311 g/mol. The summed E-state index contributed by atoms with van der Waals surface area (Å²) >= 11 is 14.3. The van der Waals surface area contributed by atoms with Gasteiger partial charge < -0.3 is 4.74 Å². The zero-order valence-corrected chi connectivity index (χ0v) is 12.6. The van der Waals surface area contributed by atoms with Gasteiger partial charge in [0.2, 0.25) is 0 Å². The molecule has 0 radical (unpaired) electrons. The first-order chi connectivity index (χ1) is 9.17. The zero-order valence-electron chi connectivity index (χ0n) is 10.3. The Bertz CT molecular complexity index is 628. The standard InChI is InChI=1S/C15H12Cl2OS/c1-18-11-3-5-15-12(8-11)13(17)7-9-6-10(16)2-4-14(9)19-15/h2-6,8,13H,7H2,1H3/t13-/m0/s1. The van der Waals surface area contributed by atoms with Crippen LogP contribution in [0.15, 0.2) is 46.2 Å². The number of fused-ring (bicyclic) bond motifs is 2. The molecule has 1 heterocycles. The lowest BCUT2D eigenvalue weighted by molar-refractivity contribution is 0.413.